The highest BCUT2D eigenvalue weighted by Gasteiger charge is 1.91. The molecule has 17 heavy (non-hydrogen) atoms. The van der Waals surface area contributed by atoms with Crippen molar-refractivity contribution >= 4 is 15.9 Å². The molecule has 2 aromatic rings. The average molecular weight is 291 g/mol. The lowest BCUT2D eigenvalue weighted by Crippen LogP contribution is -1.73. The van der Waals surface area contributed by atoms with E-state index < -0.39 is 0 Å². The second-order valence-electron chi connectivity index (χ2n) is 3.77. The first-order chi connectivity index (χ1) is 8.38. The van der Waals surface area contributed by atoms with Gasteiger partial charge in [-0.3, -0.25) is 0 Å². The molecule has 0 atom stereocenters. The fourth-order valence-corrected chi connectivity index (χ4v) is 1.96. The molecule has 0 unspecified atom stereocenters. The predicted octanol–water partition coefficient (Wildman–Crippen LogP) is 5.54. The maximum absolute atomic E-state index is 3.31. The van der Waals surface area contributed by atoms with Crippen molar-refractivity contribution in [1.29, 1.82) is 0 Å². The number of benzene rings is 2. The predicted molar refractivity (Wildman–Crippen MR) is 80.6 cm³/mol. The van der Waals surface area contributed by atoms with Crippen LogP contribution in [0.2, 0.25) is 0 Å². The zero-order valence-electron chi connectivity index (χ0n) is 10.3. The summed E-state index contributed by atoms with van der Waals surface area (Å²) in [4.78, 5) is 0. The summed E-state index contributed by atoms with van der Waals surface area (Å²) in [5.41, 5.74) is 2.55. The van der Waals surface area contributed by atoms with E-state index in [4.69, 9.17) is 0 Å². The number of hydrogen-bond donors (Lipinski definition) is 0. The van der Waals surface area contributed by atoms with Crippen molar-refractivity contribution in [1.82, 2.24) is 0 Å². The molecule has 0 aliphatic rings. The summed E-state index contributed by atoms with van der Waals surface area (Å²) >= 11 is 3.31. The molecule has 0 bridgehead atoms. The van der Waals surface area contributed by atoms with Gasteiger partial charge in [0, 0.05) is 5.33 Å². The number of halogens is 1. The van der Waals surface area contributed by atoms with Gasteiger partial charge < -0.3 is 0 Å². The van der Waals surface area contributed by atoms with Crippen LogP contribution in [-0.2, 0) is 0 Å². The highest BCUT2D eigenvalue weighted by atomic mass is 79.9. The standard InChI is InChI=1S/C12H10.C4H9Br/c1-3-7-11(8-4-1)12-9-5-2-6-10-12;1-2-3-4-5/h1-10H;2-4H2,1H3. The molecule has 0 spiro atoms. The molecule has 2 rings (SSSR count). The van der Waals surface area contributed by atoms with Gasteiger partial charge in [0.2, 0.25) is 0 Å². The van der Waals surface area contributed by atoms with Crippen LogP contribution in [0.3, 0.4) is 0 Å². The van der Waals surface area contributed by atoms with Crippen molar-refractivity contribution < 1.29 is 0 Å². The first-order valence-corrected chi connectivity index (χ1v) is 7.17. The number of unbranched alkanes of at least 4 members (excludes halogenated alkanes) is 1. The fraction of sp³-hybridized carbons (Fsp3) is 0.250. The first kappa shape index (κ1) is 14.0. The van der Waals surface area contributed by atoms with E-state index in [2.05, 4.69) is 71.4 Å². The minimum absolute atomic E-state index is 1.16. The van der Waals surface area contributed by atoms with E-state index in [0.717, 1.165) is 5.33 Å². The van der Waals surface area contributed by atoms with E-state index in [0.29, 0.717) is 0 Å². The van der Waals surface area contributed by atoms with E-state index in [9.17, 15) is 0 Å². The Labute approximate surface area is 113 Å². The summed E-state index contributed by atoms with van der Waals surface area (Å²) in [5.74, 6) is 0. The molecule has 0 radical (unpaired) electrons. The van der Waals surface area contributed by atoms with Gasteiger partial charge in [-0.2, -0.15) is 0 Å². The molecule has 0 fully saturated rings. The van der Waals surface area contributed by atoms with E-state index in [1.807, 2.05) is 12.1 Å². The Morgan fingerprint density at radius 3 is 1.41 bits per heavy atom. The Bertz CT molecular complexity index is 341. The second-order valence-corrected chi connectivity index (χ2v) is 4.57. The van der Waals surface area contributed by atoms with Crippen molar-refractivity contribution in [3.8, 4) is 11.1 Å². The molecule has 0 N–H and O–H groups in total. The number of rotatable bonds is 3. The summed E-state index contributed by atoms with van der Waals surface area (Å²) in [7, 11) is 0. The van der Waals surface area contributed by atoms with E-state index in [-0.39, 0.29) is 0 Å². The summed E-state index contributed by atoms with van der Waals surface area (Å²) < 4.78 is 0. The third-order valence-electron chi connectivity index (χ3n) is 2.37. The zero-order chi connectivity index (χ0) is 12.3. The van der Waals surface area contributed by atoms with Crippen LogP contribution >= 0.6 is 15.9 Å². The minimum atomic E-state index is 1.16. The average Bonchev–Trinajstić information content (AvgIpc) is 2.42. The SMILES string of the molecule is CCCCBr.c1ccc(-c2ccccc2)cc1. The van der Waals surface area contributed by atoms with Crippen molar-refractivity contribution in [2.75, 3.05) is 5.33 Å². The Hall–Kier alpha value is -1.08. The van der Waals surface area contributed by atoms with Crippen LogP contribution in [0.4, 0.5) is 0 Å². The highest BCUT2D eigenvalue weighted by molar-refractivity contribution is 9.09. The van der Waals surface area contributed by atoms with Crippen LogP contribution < -0.4 is 0 Å². The van der Waals surface area contributed by atoms with E-state index >= 15 is 0 Å². The smallest absolute Gasteiger partial charge is 0.00312 e. The largest absolute Gasteiger partial charge is 0.0928 e. The Kier molecular flexibility index (Phi) is 7.40. The van der Waals surface area contributed by atoms with Gasteiger partial charge in [-0.25, -0.2) is 0 Å². The second kappa shape index (κ2) is 9.00. The van der Waals surface area contributed by atoms with Gasteiger partial charge in [-0.1, -0.05) is 89.9 Å². The maximum atomic E-state index is 3.31. The van der Waals surface area contributed by atoms with Crippen molar-refractivity contribution in [2.45, 2.75) is 19.8 Å². The van der Waals surface area contributed by atoms with Crippen LogP contribution in [0.5, 0.6) is 0 Å². The lowest BCUT2D eigenvalue weighted by atomic mass is 10.1. The molecule has 0 aromatic heterocycles. The third kappa shape index (κ3) is 5.69. The molecule has 0 saturated heterocycles. The van der Waals surface area contributed by atoms with Crippen molar-refractivity contribution in [3.05, 3.63) is 60.7 Å². The lowest BCUT2D eigenvalue weighted by molar-refractivity contribution is 0.902. The molecule has 1 heteroatoms. The molecule has 0 saturated carbocycles. The maximum Gasteiger partial charge on any atom is 0.00312 e. The third-order valence-corrected chi connectivity index (χ3v) is 2.93. The minimum Gasteiger partial charge on any atom is -0.0928 e. The molecule has 0 aliphatic carbocycles. The molecule has 0 aliphatic heterocycles. The van der Waals surface area contributed by atoms with Crippen LogP contribution in [0.1, 0.15) is 19.8 Å². The van der Waals surface area contributed by atoms with Gasteiger partial charge >= 0.3 is 0 Å². The van der Waals surface area contributed by atoms with Crippen molar-refractivity contribution in [3.63, 3.8) is 0 Å². The molecule has 0 amide bonds. The molecule has 0 heterocycles. The fourth-order valence-electron chi connectivity index (χ4n) is 1.39. The summed E-state index contributed by atoms with van der Waals surface area (Å²) in [6, 6.07) is 20.8. The molecule has 90 valence electrons. The molecular formula is C16H19Br. The Balaban J connectivity index is 0.000000249. The van der Waals surface area contributed by atoms with Crippen molar-refractivity contribution in [2.24, 2.45) is 0 Å². The van der Waals surface area contributed by atoms with Gasteiger partial charge in [0.1, 0.15) is 0 Å². The molecular weight excluding hydrogens is 272 g/mol. The highest BCUT2D eigenvalue weighted by Crippen LogP contribution is 2.17. The molecule has 0 nitrogen and oxygen atoms in total. The number of alkyl halides is 1. The van der Waals surface area contributed by atoms with Crippen LogP contribution in [-0.4, -0.2) is 5.33 Å². The molecule has 2 aromatic carbocycles. The van der Waals surface area contributed by atoms with Gasteiger partial charge in [0.05, 0.1) is 0 Å². The summed E-state index contributed by atoms with van der Waals surface area (Å²) in [5, 5.41) is 1.16. The quantitative estimate of drug-likeness (QED) is 0.652. The lowest BCUT2D eigenvalue weighted by Gasteiger charge is -1.98. The van der Waals surface area contributed by atoms with Gasteiger partial charge in [-0.05, 0) is 17.5 Å². The first-order valence-electron chi connectivity index (χ1n) is 6.05. The zero-order valence-corrected chi connectivity index (χ0v) is 11.9. The van der Waals surface area contributed by atoms with Crippen LogP contribution in [0.25, 0.3) is 11.1 Å². The van der Waals surface area contributed by atoms with Crippen LogP contribution in [0, 0.1) is 0 Å². The van der Waals surface area contributed by atoms with Crippen LogP contribution in [0.15, 0.2) is 60.7 Å². The summed E-state index contributed by atoms with van der Waals surface area (Å²) in [6.07, 6.45) is 2.60. The normalized spacial score (nSPS) is 9.29. The topological polar surface area (TPSA) is 0 Å². The summed E-state index contributed by atoms with van der Waals surface area (Å²) in [6.45, 7) is 2.18. The van der Waals surface area contributed by atoms with Gasteiger partial charge in [-0.15, -0.1) is 0 Å². The Morgan fingerprint density at radius 2 is 1.18 bits per heavy atom. The van der Waals surface area contributed by atoms with Gasteiger partial charge in [0.15, 0.2) is 0 Å². The number of hydrogen-bond acceptors (Lipinski definition) is 0. The van der Waals surface area contributed by atoms with E-state index in [1.54, 1.807) is 0 Å². The monoisotopic (exact) mass is 290 g/mol. The Morgan fingerprint density at radius 1 is 0.765 bits per heavy atom. The van der Waals surface area contributed by atoms with E-state index in [1.165, 1.54) is 24.0 Å². The van der Waals surface area contributed by atoms with Gasteiger partial charge in [0.25, 0.3) is 0 Å².